The fourth-order valence-corrected chi connectivity index (χ4v) is 1.94. The Bertz CT molecular complexity index is 831. The molecule has 3 rings (SSSR count). The lowest BCUT2D eigenvalue weighted by Gasteiger charge is -2.06. The summed E-state index contributed by atoms with van der Waals surface area (Å²) >= 11 is 0. The van der Waals surface area contributed by atoms with Gasteiger partial charge in [0.2, 0.25) is 5.76 Å². The monoisotopic (exact) mass is 324 g/mol. The van der Waals surface area contributed by atoms with Gasteiger partial charge in [0.05, 0.1) is 5.69 Å². The van der Waals surface area contributed by atoms with Gasteiger partial charge < -0.3 is 14.6 Å². The number of nitrogens with one attached hydrogen (secondary N) is 1. The Kier molecular flexibility index (Phi) is 4.51. The number of rotatable bonds is 5. The van der Waals surface area contributed by atoms with Crippen LogP contribution in [0.25, 0.3) is 0 Å². The van der Waals surface area contributed by atoms with Crippen molar-refractivity contribution in [2.75, 3.05) is 5.32 Å². The van der Waals surface area contributed by atoms with Crippen LogP contribution >= 0.6 is 0 Å². The van der Waals surface area contributed by atoms with Gasteiger partial charge in [-0.3, -0.25) is 4.79 Å². The molecule has 0 bridgehead atoms. The Labute approximate surface area is 138 Å². The Morgan fingerprint density at radius 2 is 1.96 bits per heavy atom. The molecule has 2 aromatic heterocycles. The number of anilines is 1. The van der Waals surface area contributed by atoms with Gasteiger partial charge in [0.1, 0.15) is 5.75 Å². The summed E-state index contributed by atoms with van der Waals surface area (Å²) in [7, 11) is 0. The van der Waals surface area contributed by atoms with Gasteiger partial charge in [-0.25, -0.2) is 9.97 Å². The van der Waals surface area contributed by atoms with Gasteiger partial charge >= 0.3 is 6.01 Å². The third kappa shape index (κ3) is 3.75. The van der Waals surface area contributed by atoms with Crippen molar-refractivity contribution in [2.24, 2.45) is 0 Å². The molecule has 0 aliphatic carbocycles. The van der Waals surface area contributed by atoms with Gasteiger partial charge in [0.15, 0.2) is 0 Å². The van der Waals surface area contributed by atoms with Gasteiger partial charge in [-0.05, 0) is 24.1 Å². The van der Waals surface area contributed by atoms with E-state index < -0.39 is 0 Å². The molecule has 0 saturated heterocycles. The zero-order valence-corrected chi connectivity index (χ0v) is 13.3. The normalized spacial score (nSPS) is 10.6. The van der Waals surface area contributed by atoms with Crippen molar-refractivity contribution in [3.8, 4) is 11.8 Å². The van der Waals surface area contributed by atoms with Crippen LogP contribution in [0.1, 0.15) is 36.0 Å². The first-order valence-corrected chi connectivity index (χ1v) is 7.45. The fourth-order valence-electron chi connectivity index (χ4n) is 1.94. The predicted molar refractivity (Wildman–Crippen MR) is 87.1 cm³/mol. The van der Waals surface area contributed by atoms with Crippen LogP contribution in [0.3, 0.4) is 0 Å². The number of hydrogen-bond donors (Lipinski definition) is 1. The summed E-state index contributed by atoms with van der Waals surface area (Å²) < 4.78 is 10.6. The van der Waals surface area contributed by atoms with Crippen molar-refractivity contribution in [1.82, 2.24) is 15.1 Å². The molecule has 0 atom stereocenters. The molecule has 1 N–H and O–H groups in total. The second kappa shape index (κ2) is 6.91. The highest BCUT2D eigenvalue weighted by Gasteiger charge is 2.15. The van der Waals surface area contributed by atoms with E-state index in [0.717, 1.165) is 5.69 Å². The maximum Gasteiger partial charge on any atom is 0.321 e. The standard InChI is InChI=1S/C17H16N4O3/c1-11(2)14-10-15(24-21-14)16(22)20-12-5-3-6-13(9-12)23-17-18-7-4-8-19-17/h3-11H,1-2H3,(H,20,22). The van der Waals surface area contributed by atoms with E-state index in [1.807, 2.05) is 13.8 Å². The minimum atomic E-state index is -0.373. The van der Waals surface area contributed by atoms with Crippen LogP contribution in [-0.2, 0) is 0 Å². The molecule has 1 amide bonds. The lowest BCUT2D eigenvalue weighted by molar-refractivity contribution is 0.0988. The van der Waals surface area contributed by atoms with E-state index in [9.17, 15) is 4.79 Å². The van der Waals surface area contributed by atoms with Crippen molar-refractivity contribution >= 4 is 11.6 Å². The molecule has 2 heterocycles. The molecule has 24 heavy (non-hydrogen) atoms. The first-order chi connectivity index (χ1) is 11.6. The van der Waals surface area contributed by atoms with E-state index in [1.54, 1.807) is 48.8 Å². The summed E-state index contributed by atoms with van der Waals surface area (Å²) in [6.45, 7) is 3.96. The Hall–Kier alpha value is -3.22. The van der Waals surface area contributed by atoms with E-state index in [2.05, 4.69) is 20.4 Å². The largest absolute Gasteiger partial charge is 0.424 e. The second-order valence-electron chi connectivity index (χ2n) is 5.39. The Balaban J connectivity index is 1.70. The summed E-state index contributed by atoms with van der Waals surface area (Å²) in [5.41, 5.74) is 1.30. The molecule has 1 aromatic carbocycles. The van der Waals surface area contributed by atoms with E-state index in [1.165, 1.54) is 0 Å². The van der Waals surface area contributed by atoms with E-state index >= 15 is 0 Å². The molecular formula is C17H16N4O3. The topological polar surface area (TPSA) is 90.1 Å². The van der Waals surface area contributed by atoms with Crippen LogP contribution in [0.5, 0.6) is 11.8 Å². The number of hydrogen-bond acceptors (Lipinski definition) is 6. The van der Waals surface area contributed by atoms with Gasteiger partial charge in [-0.2, -0.15) is 0 Å². The average Bonchev–Trinajstić information content (AvgIpc) is 3.06. The summed E-state index contributed by atoms with van der Waals surface area (Å²) in [6.07, 6.45) is 3.17. The van der Waals surface area contributed by atoms with Crippen molar-refractivity contribution in [1.29, 1.82) is 0 Å². The number of benzene rings is 1. The molecule has 0 unspecified atom stereocenters. The number of carbonyl (C=O) groups is 1. The predicted octanol–water partition coefficient (Wildman–Crippen LogP) is 3.63. The molecule has 0 fully saturated rings. The lowest BCUT2D eigenvalue weighted by Crippen LogP contribution is -2.10. The lowest BCUT2D eigenvalue weighted by atomic mass is 10.1. The quantitative estimate of drug-likeness (QED) is 0.770. The van der Waals surface area contributed by atoms with Crippen molar-refractivity contribution < 1.29 is 14.1 Å². The van der Waals surface area contributed by atoms with Crippen LogP contribution in [-0.4, -0.2) is 21.0 Å². The number of carbonyl (C=O) groups excluding carboxylic acids is 1. The van der Waals surface area contributed by atoms with Gasteiger partial charge in [0.25, 0.3) is 5.91 Å². The van der Waals surface area contributed by atoms with Crippen LogP contribution in [0.2, 0.25) is 0 Å². The number of aromatic nitrogens is 3. The highest BCUT2D eigenvalue weighted by Crippen LogP contribution is 2.22. The zero-order chi connectivity index (χ0) is 16.9. The maximum atomic E-state index is 12.2. The summed E-state index contributed by atoms with van der Waals surface area (Å²) in [6, 6.07) is 10.5. The smallest absolute Gasteiger partial charge is 0.321 e. The molecule has 0 aliphatic heterocycles. The first-order valence-electron chi connectivity index (χ1n) is 7.45. The summed E-state index contributed by atoms with van der Waals surface area (Å²) in [5.74, 6) is 0.497. The minimum Gasteiger partial charge on any atom is -0.424 e. The number of nitrogens with zero attached hydrogens (tertiary/aromatic N) is 3. The molecule has 0 spiro atoms. The molecular weight excluding hydrogens is 308 g/mol. The van der Waals surface area contributed by atoms with Crippen molar-refractivity contribution in [3.63, 3.8) is 0 Å². The van der Waals surface area contributed by atoms with Gasteiger partial charge in [-0.15, -0.1) is 0 Å². The molecule has 0 aliphatic rings. The average molecular weight is 324 g/mol. The second-order valence-corrected chi connectivity index (χ2v) is 5.39. The number of amides is 1. The molecule has 7 nitrogen and oxygen atoms in total. The van der Waals surface area contributed by atoms with Crippen molar-refractivity contribution in [3.05, 3.63) is 60.2 Å². The number of ether oxygens (including phenoxy) is 1. The van der Waals surface area contributed by atoms with Crippen LogP contribution in [0.4, 0.5) is 5.69 Å². The molecule has 7 heteroatoms. The van der Waals surface area contributed by atoms with Crippen molar-refractivity contribution in [2.45, 2.75) is 19.8 Å². The van der Waals surface area contributed by atoms with Gasteiger partial charge in [-0.1, -0.05) is 25.1 Å². The van der Waals surface area contributed by atoms with Crippen LogP contribution in [0, 0.1) is 0 Å². The van der Waals surface area contributed by atoms with E-state index in [0.29, 0.717) is 11.4 Å². The highest BCUT2D eigenvalue weighted by atomic mass is 16.5. The highest BCUT2D eigenvalue weighted by molar-refractivity contribution is 6.02. The molecule has 0 radical (unpaired) electrons. The first kappa shape index (κ1) is 15.7. The molecule has 122 valence electrons. The summed E-state index contributed by atoms with van der Waals surface area (Å²) in [5, 5.41) is 6.62. The summed E-state index contributed by atoms with van der Waals surface area (Å²) in [4.78, 5) is 20.2. The minimum absolute atomic E-state index is 0.163. The SMILES string of the molecule is CC(C)c1cc(C(=O)Nc2cccc(Oc3ncccn3)c2)on1. The maximum absolute atomic E-state index is 12.2. The third-order valence-electron chi connectivity index (χ3n) is 3.19. The van der Waals surface area contributed by atoms with Crippen LogP contribution < -0.4 is 10.1 Å². The zero-order valence-electron chi connectivity index (χ0n) is 13.3. The Morgan fingerprint density at radius 3 is 2.67 bits per heavy atom. The molecule has 0 saturated carbocycles. The fraction of sp³-hybridized carbons (Fsp3) is 0.176. The van der Waals surface area contributed by atoms with Crippen LogP contribution in [0.15, 0.2) is 53.3 Å². The van der Waals surface area contributed by atoms with E-state index in [-0.39, 0.29) is 23.6 Å². The van der Waals surface area contributed by atoms with E-state index in [4.69, 9.17) is 9.26 Å². The molecule has 3 aromatic rings. The third-order valence-corrected chi connectivity index (χ3v) is 3.19. The van der Waals surface area contributed by atoms with Gasteiger partial charge in [0, 0.05) is 30.2 Å². The Morgan fingerprint density at radius 1 is 1.17 bits per heavy atom.